The molecular formula is C17H26Cl2N2. The third-order valence-corrected chi connectivity index (χ3v) is 5.40. The van der Waals surface area contributed by atoms with E-state index in [1.807, 2.05) is 12.1 Å². The molecule has 2 rings (SSSR count). The normalized spacial score (nSPS) is 21.0. The number of halogens is 2. The van der Waals surface area contributed by atoms with E-state index in [2.05, 4.69) is 18.7 Å². The van der Waals surface area contributed by atoms with Crippen LogP contribution in [-0.2, 0) is 0 Å². The van der Waals surface area contributed by atoms with Gasteiger partial charge in [0.05, 0.1) is 10.0 Å². The molecule has 1 aromatic carbocycles. The Morgan fingerprint density at radius 1 is 1.24 bits per heavy atom. The fraction of sp³-hybridized carbons (Fsp3) is 0.647. The van der Waals surface area contributed by atoms with Gasteiger partial charge in [-0.15, -0.1) is 0 Å². The summed E-state index contributed by atoms with van der Waals surface area (Å²) in [5.74, 6) is 0. The molecule has 0 aromatic heterocycles. The molecule has 0 aliphatic carbocycles. The highest BCUT2D eigenvalue weighted by Crippen LogP contribution is 2.32. The summed E-state index contributed by atoms with van der Waals surface area (Å²) in [4.78, 5) is 2.53. The topological polar surface area (TPSA) is 29.3 Å². The first-order valence-corrected chi connectivity index (χ1v) is 8.56. The van der Waals surface area contributed by atoms with Crippen LogP contribution in [0.3, 0.4) is 0 Å². The fourth-order valence-corrected chi connectivity index (χ4v) is 3.43. The van der Waals surface area contributed by atoms with E-state index in [4.69, 9.17) is 28.9 Å². The lowest BCUT2D eigenvalue weighted by Crippen LogP contribution is -2.29. The number of nitrogens with zero attached hydrogens (tertiary/aromatic N) is 1. The Morgan fingerprint density at radius 2 is 2.00 bits per heavy atom. The first-order chi connectivity index (χ1) is 9.89. The molecule has 118 valence electrons. The molecule has 2 N–H and O–H groups in total. The van der Waals surface area contributed by atoms with Crippen molar-refractivity contribution in [2.75, 3.05) is 19.6 Å². The molecule has 1 aliphatic heterocycles. The quantitative estimate of drug-likeness (QED) is 0.852. The molecule has 1 atom stereocenters. The Kier molecular flexibility index (Phi) is 5.96. The number of rotatable bonds is 4. The zero-order chi connectivity index (χ0) is 15.5. The van der Waals surface area contributed by atoms with Crippen LogP contribution in [0.5, 0.6) is 0 Å². The standard InChI is InChI=1S/C17H26Cl2N2/c1-17(2)8-4-10-21(12-9-17)11-7-15(20)13-5-3-6-14(18)16(13)19/h3,5-6,15H,4,7-12,20H2,1-2H3. The molecule has 1 aliphatic rings. The summed E-state index contributed by atoms with van der Waals surface area (Å²) < 4.78 is 0. The maximum absolute atomic E-state index is 6.30. The Hall–Kier alpha value is -0.280. The average Bonchev–Trinajstić information content (AvgIpc) is 2.60. The molecule has 0 amide bonds. The van der Waals surface area contributed by atoms with Gasteiger partial charge in [0.2, 0.25) is 0 Å². The summed E-state index contributed by atoms with van der Waals surface area (Å²) in [6.45, 7) is 8.12. The summed E-state index contributed by atoms with van der Waals surface area (Å²) >= 11 is 12.3. The van der Waals surface area contributed by atoms with Crippen LogP contribution in [0.4, 0.5) is 0 Å². The minimum absolute atomic E-state index is 0.0486. The van der Waals surface area contributed by atoms with Gasteiger partial charge in [0, 0.05) is 6.04 Å². The lowest BCUT2D eigenvalue weighted by molar-refractivity contribution is 0.254. The van der Waals surface area contributed by atoms with Gasteiger partial charge in [-0.05, 0) is 62.4 Å². The molecule has 1 heterocycles. The van der Waals surface area contributed by atoms with Gasteiger partial charge < -0.3 is 10.6 Å². The Balaban J connectivity index is 1.89. The maximum Gasteiger partial charge on any atom is 0.0640 e. The van der Waals surface area contributed by atoms with E-state index in [0.717, 1.165) is 18.5 Å². The van der Waals surface area contributed by atoms with Crippen LogP contribution in [0.1, 0.15) is 51.1 Å². The van der Waals surface area contributed by atoms with Crippen molar-refractivity contribution in [3.05, 3.63) is 33.8 Å². The highest BCUT2D eigenvalue weighted by atomic mass is 35.5. The van der Waals surface area contributed by atoms with E-state index >= 15 is 0 Å². The lowest BCUT2D eigenvalue weighted by atomic mass is 9.85. The second-order valence-electron chi connectivity index (χ2n) is 6.90. The van der Waals surface area contributed by atoms with Crippen molar-refractivity contribution in [1.82, 2.24) is 4.90 Å². The van der Waals surface area contributed by atoms with E-state index in [0.29, 0.717) is 15.5 Å². The number of nitrogens with two attached hydrogens (primary N) is 1. The molecule has 1 fully saturated rings. The van der Waals surface area contributed by atoms with E-state index in [-0.39, 0.29) is 6.04 Å². The van der Waals surface area contributed by atoms with Crippen molar-refractivity contribution in [3.63, 3.8) is 0 Å². The number of likely N-dealkylation sites (tertiary alicyclic amines) is 1. The Labute approximate surface area is 138 Å². The molecule has 0 bridgehead atoms. The van der Waals surface area contributed by atoms with Crippen LogP contribution in [0.2, 0.25) is 10.0 Å². The smallest absolute Gasteiger partial charge is 0.0640 e. The highest BCUT2D eigenvalue weighted by molar-refractivity contribution is 6.42. The van der Waals surface area contributed by atoms with Crippen molar-refractivity contribution < 1.29 is 0 Å². The van der Waals surface area contributed by atoms with E-state index in [1.54, 1.807) is 6.07 Å². The van der Waals surface area contributed by atoms with E-state index in [9.17, 15) is 0 Å². The first kappa shape index (κ1) is 17.1. The number of hydrogen-bond donors (Lipinski definition) is 1. The van der Waals surface area contributed by atoms with Gasteiger partial charge in [-0.25, -0.2) is 0 Å². The number of benzene rings is 1. The van der Waals surface area contributed by atoms with E-state index < -0.39 is 0 Å². The van der Waals surface area contributed by atoms with Crippen LogP contribution in [0.15, 0.2) is 18.2 Å². The minimum Gasteiger partial charge on any atom is -0.324 e. The van der Waals surface area contributed by atoms with Gasteiger partial charge in [-0.3, -0.25) is 0 Å². The predicted molar refractivity (Wildman–Crippen MR) is 92.1 cm³/mol. The lowest BCUT2D eigenvalue weighted by Gasteiger charge is -2.24. The van der Waals surface area contributed by atoms with Crippen molar-refractivity contribution >= 4 is 23.2 Å². The zero-order valence-electron chi connectivity index (χ0n) is 13.0. The van der Waals surface area contributed by atoms with Crippen molar-refractivity contribution in [3.8, 4) is 0 Å². The molecule has 0 radical (unpaired) electrons. The van der Waals surface area contributed by atoms with Crippen LogP contribution < -0.4 is 5.73 Å². The maximum atomic E-state index is 6.30. The summed E-state index contributed by atoms with van der Waals surface area (Å²) in [5, 5.41) is 1.19. The second kappa shape index (κ2) is 7.32. The second-order valence-corrected chi connectivity index (χ2v) is 7.68. The van der Waals surface area contributed by atoms with Gasteiger partial charge >= 0.3 is 0 Å². The molecule has 1 aromatic rings. The fourth-order valence-electron chi connectivity index (χ4n) is 2.99. The van der Waals surface area contributed by atoms with Gasteiger partial charge in [0.1, 0.15) is 0 Å². The average molecular weight is 329 g/mol. The Morgan fingerprint density at radius 3 is 2.76 bits per heavy atom. The first-order valence-electron chi connectivity index (χ1n) is 7.81. The van der Waals surface area contributed by atoms with Crippen LogP contribution in [-0.4, -0.2) is 24.5 Å². The van der Waals surface area contributed by atoms with Crippen LogP contribution in [0, 0.1) is 5.41 Å². The molecule has 4 heteroatoms. The molecule has 1 saturated heterocycles. The van der Waals surface area contributed by atoms with Gasteiger partial charge in [-0.1, -0.05) is 49.2 Å². The monoisotopic (exact) mass is 328 g/mol. The molecule has 21 heavy (non-hydrogen) atoms. The summed E-state index contributed by atoms with van der Waals surface area (Å²) in [5.41, 5.74) is 7.74. The zero-order valence-corrected chi connectivity index (χ0v) is 14.6. The largest absolute Gasteiger partial charge is 0.324 e. The Bertz CT molecular complexity index is 474. The van der Waals surface area contributed by atoms with Gasteiger partial charge in [0.25, 0.3) is 0 Å². The van der Waals surface area contributed by atoms with Gasteiger partial charge in [0.15, 0.2) is 0 Å². The SMILES string of the molecule is CC1(C)CCCN(CCC(N)c2cccc(Cl)c2Cl)CC1. The summed E-state index contributed by atoms with van der Waals surface area (Å²) in [6, 6.07) is 5.65. The summed E-state index contributed by atoms with van der Waals surface area (Å²) in [6.07, 6.45) is 4.77. The van der Waals surface area contributed by atoms with Gasteiger partial charge in [-0.2, -0.15) is 0 Å². The van der Waals surface area contributed by atoms with Crippen molar-refractivity contribution in [2.24, 2.45) is 11.1 Å². The van der Waals surface area contributed by atoms with Crippen molar-refractivity contribution in [2.45, 2.75) is 45.6 Å². The molecule has 0 saturated carbocycles. The molecule has 0 spiro atoms. The van der Waals surface area contributed by atoms with Crippen LogP contribution >= 0.6 is 23.2 Å². The third kappa shape index (κ3) is 4.85. The third-order valence-electron chi connectivity index (χ3n) is 4.57. The van der Waals surface area contributed by atoms with Crippen molar-refractivity contribution in [1.29, 1.82) is 0 Å². The number of hydrogen-bond acceptors (Lipinski definition) is 2. The minimum atomic E-state index is -0.0486. The molecular weight excluding hydrogens is 303 g/mol. The van der Waals surface area contributed by atoms with Crippen LogP contribution in [0.25, 0.3) is 0 Å². The van der Waals surface area contributed by atoms with E-state index in [1.165, 1.54) is 32.4 Å². The summed E-state index contributed by atoms with van der Waals surface area (Å²) in [7, 11) is 0. The predicted octanol–water partition coefficient (Wildman–Crippen LogP) is 4.90. The molecule has 1 unspecified atom stereocenters. The highest BCUT2D eigenvalue weighted by Gasteiger charge is 2.23. The molecule has 2 nitrogen and oxygen atoms in total.